The number of nitrogens with one attached hydrogen (secondary N) is 1. The Morgan fingerprint density at radius 3 is 2.85 bits per heavy atom. The molecule has 2 rings (SSSR count). The molecule has 2 unspecified atom stereocenters. The first-order valence-corrected chi connectivity index (χ1v) is 7.73. The highest BCUT2D eigenvalue weighted by molar-refractivity contribution is 7.07. The quantitative estimate of drug-likeness (QED) is 0.901. The molecule has 2 amide bonds. The van der Waals surface area contributed by atoms with Crippen molar-refractivity contribution in [3.8, 4) is 0 Å². The number of thiophene rings is 1. The first-order chi connectivity index (χ1) is 9.45. The van der Waals surface area contributed by atoms with E-state index in [2.05, 4.69) is 5.32 Å². The van der Waals surface area contributed by atoms with Crippen molar-refractivity contribution >= 4 is 23.3 Å². The predicted molar refractivity (Wildman–Crippen MR) is 77.9 cm³/mol. The van der Waals surface area contributed by atoms with E-state index in [4.69, 9.17) is 0 Å². The van der Waals surface area contributed by atoms with Crippen LogP contribution in [0, 0.1) is 0 Å². The van der Waals surface area contributed by atoms with Crippen LogP contribution in [0.4, 0.5) is 4.79 Å². The number of rotatable bonds is 3. The number of carbonyl (C=O) groups excluding carboxylic acids is 1. The lowest BCUT2D eigenvalue weighted by molar-refractivity contribution is -0.150. The van der Waals surface area contributed by atoms with Crippen LogP contribution in [0.1, 0.15) is 44.7 Å². The SMILES string of the molecule is CC(NC(=O)N1CCCCC1(C)C(=O)O)c1ccsc1. The van der Waals surface area contributed by atoms with Crippen molar-refractivity contribution in [2.75, 3.05) is 6.54 Å². The smallest absolute Gasteiger partial charge is 0.329 e. The summed E-state index contributed by atoms with van der Waals surface area (Å²) < 4.78 is 0. The largest absolute Gasteiger partial charge is 0.480 e. The number of hydrogen-bond acceptors (Lipinski definition) is 3. The maximum atomic E-state index is 12.4. The molecule has 20 heavy (non-hydrogen) atoms. The van der Waals surface area contributed by atoms with Gasteiger partial charge in [-0.3, -0.25) is 0 Å². The van der Waals surface area contributed by atoms with Crippen molar-refractivity contribution in [1.82, 2.24) is 10.2 Å². The summed E-state index contributed by atoms with van der Waals surface area (Å²) in [4.78, 5) is 25.3. The van der Waals surface area contributed by atoms with Gasteiger partial charge in [-0.05, 0) is 55.5 Å². The molecule has 0 radical (unpaired) electrons. The van der Waals surface area contributed by atoms with E-state index in [0.29, 0.717) is 13.0 Å². The first-order valence-electron chi connectivity index (χ1n) is 6.79. The van der Waals surface area contributed by atoms with E-state index in [1.165, 1.54) is 4.90 Å². The summed E-state index contributed by atoms with van der Waals surface area (Å²) >= 11 is 1.58. The van der Waals surface area contributed by atoms with Crippen molar-refractivity contribution in [3.05, 3.63) is 22.4 Å². The normalized spacial score (nSPS) is 24.2. The van der Waals surface area contributed by atoms with Gasteiger partial charge in [-0.15, -0.1) is 0 Å². The zero-order chi connectivity index (χ0) is 14.8. The summed E-state index contributed by atoms with van der Waals surface area (Å²) in [6.07, 6.45) is 2.19. The number of nitrogens with zero attached hydrogens (tertiary/aromatic N) is 1. The van der Waals surface area contributed by atoms with Gasteiger partial charge < -0.3 is 15.3 Å². The van der Waals surface area contributed by atoms with Crippen molar-refractivity contribution < 1.29 is 14.7 Å². The summed E-state index contributed by atoms with van der Waals surface area (Å²) in [5, 5.41) is 16.2. The number of carboxylic acids is 1. The highest BCUT2D eigenvalue weighted by Gasteiger charge is 2.44. The molecule has 0 aliphatic carbocycles. The van der Waals surface area contributed by atoms with Crippen LogP contribution in [0.2, 0.25) is 0 Å². The third kappa shape index (κ3) is 2.80. The first kappa shape index (κ1) is 14.8. The van der Waals surface area contributed by atoms with E-state index in [9.17, 15) is 14.7 Å². The number of carboxylic acid groups (broad SMARTS) is 1. The van der Waals surface area contributed by atoms with Crippen molar-refractivity contribution in [1.29, 1.82) is 0 Å². The monoisotopic (exact) mass is 296 g/mol. The second-order valence-electron chi connectivity index (χ2n) is 5.42. The lowest BCUT2D eigenvalue weighted by atomic mass is 9.89. The molecule has 0 aromatic carbocycles. The van der Waals surface area contributed by atoms with Gasteiger partial charge >= 0.3 is 12.0 Å². The number of aliphatic carboxylic acids is 1. The minimum atomic E-state index is -1.10. The van der Waals surface area contributed by atoms with Gasteiger partial charge in [0.1, 0.15) is 5.54 Å². The van der Waals surface area contributed by atoms with Gasteiger partial charge in [0.2, 0.25) is 0 Å². The fourth-order valence-electron chi connectivity index (χ4n) is 2.54. The highest BCUT2D eigenvalue weighted by atomic mass is 32.1. The number of piperidine rings is 1. The molecule has 110 valence electrons. The van der Waals surface area contributed by atoms with Gasteiger partial charge in [-0.2, -0.15) is 11.3 Å². The van der Waals surface area contributed by atoms with Crippen molar-refractivity contribution in [2.45, 2.75) is 44.7 Å². The lowest BCUT2D eigenvalue weighted by Crippen LogP contribution is -2.60. The molecule has 5 nitrogen and oxygen atoms in total. The minimum absolute atomic E-state index is 0.117. The van der Waals surface area contributed by atoms with E-state index in [1.807, 2.05) is 23.8 Å². The Hall–Kier alpha value is -1.56. The van der Waals surface area contributed by atoms with E-state index in [-0.39, 0.29) is 12.1 Å². The Balaban J connectivity index is 2.09. The second kappa shape index (κ2) is 5.83. The zero-order valence-electron chi connectivity index (χ0n) is 11.8. The molecule has 1 saturated heterocycles. The van der Waals surface area contributed by atoms with Gasteiger partial charge in [0.05, 0.1) is 6.04 Å². The molecule has 1 aromatic heterocycles. The number of likely N-dealkylation sites (tertiary alicyclic amines) is 1. The van der Waals surface area contributed by atoms with Gasteiger partial charge in [-0.25, -0.2) is 9.59 Å². The van der Waals surface area contributed by atoms with Crippen LogP contribution in [0.5, 0.6) is 0 Å². The molecule has 2 heterocycles. The third-order valence-electron chi connectivity index (χ3n) is 3.98. The predicted octanol–water partition coefficient (Wildman–Crippen LogP) is 2.85. The molecule has 1 aliphatic heterocycles. The highest BCUT2D eigenvalue weighted by Crippen LogP contribution is 2.29. The Labute approximate surface area is 122 Å². The van der Waals surface area contributed by atoms with Crippen LogP contribution in [0.15, 0.2) is 16.8 Å². The molecule has 0 saturated carbocycles. The molecule has 0 spiro atoms. The molecule has 2 atom stereocenters. The molecule has 2 N–H and O–H groups in total. The third-order valence-corrected chi connectivity index (χ3v) is 4.68. The molecular weight excluding hydrogens is 276 g/mol. The Bertz CT molecular complexity index is 489. The fraction of sp³-hybridized carbons (Fsp3) is 0.571. The van der Waals surface area contributed by atoms with Crippen LogP contribution in [-0.2, 0) is 4.79 Å². The Kier molecular flexibility index (Phi) is 4.32. The number of carbonyl (C=O) groups is 2. The molecule has 1 aliphatic rings. The molecule has 1 fully saturated rings. The van der Waals surface area contributed by atoms with Crippen LogP contribution < -0.4 is 5.32 Å². The van der Waals surface area contributed by atoms with Gasteiger partial charge in [0.25, 0.3) is 0 Å². The van der Waals surface area contributed by atoms with Gasteiger partial charge in [0.15, 0.2) is 0 Å². The zero-order valence-corrected chi connectivity index (χ0v) is 12.6. The molecular formula is C14H20N2O3S. The average Bonchev–Trinajstić information content (AvgIpc) is 2.92. The lowest BCUT2D eigenvalue weighted by Gasteiger charge is -2.41. The van der Waals surface area contributed by atoms with Crippen LogP contribution in [0.3, 0.4) is 0 Å². The maximum absolute atomic E-state index is 12.4. The van der Waals surface area contributed by atoms with Gasteiger partial charge in [0, 0.05) is 6.54 Å². The Morgan fingerprint density at radius 2 is 2.25 bits per heavy atom. The summed E-state index contributed by atoms with van der Waals surface area (Å²) in [7, 11) is 0. The average molecular weight is 296 g/mol. The Morgan fingerprint density at radius 1 is 1.50 bits per heavy atom. The molecule has 1 aromatic rings. The second-order valence-corrected chi connectivity index (χ2v) is 6.20. The van der Waals surface area contributed by atoms with Crippen LogP contribution in [0.25, 0.3) is 0 Å². The fourth-order valence-corrected chi connectivity index (χ4v) is 3.29. The number of urea groups is 1. The van der Waals surface area contributed by atoms with Crippen LogP contribution >= 0.6 is 11.3 Å². The van der Waals surface area contributed by atoms with E-state index < -0.39 is 11.5 Å². The van der Waals surface area contributed by atoms with E-state index in [1.54, 1.807) is 18.3 Å². The summed E-state index contributed by atoms with van der Waals surface area (Å²) in [5.74, 6) is -0.935. The van der Waals surface area contributed by atoms with Crippen molar-refractivity contribution in [3.63, 3.8) is 0 Å². The summed E-state index contributed by atoms with van der Waals surface area (Å²) in [6, 6.07) is 1.55. The van der Waals surface area contributed by atoms with Crippen LogP contribution in [-0.4, -0.2) is 34.1 Å². The minimum Gasteiger partial charge on any atom is -0.480 e. The number of amides is 2. The van der Waals surface area contributed by atoms with E-state index in [0.717, 1.165) is 18.4 Å². The number of hydrogen-bond donors (Lipinski definition) is 2. The van der Waals surface area contributed by atoms with Gasteiger partial charge in [-0.1, -0.05) is 0 Å². The summed E-state index contributed by atoms with van der Waals surface area (Å²) in [5.41, 5.74) is -0.0612. The topological polar surface area (TPSA) is 69.6 Å². The molecule has 6 heteroatoms. The maximum Gasteiger partial charge on any atom is 0.329 e. The van der Waals surface area contributed by atoms with Crippen molar-refractivity contribution in [2.24, 2.45) is 0 Å². The molecule has 0 bridgehead atoms. The van der Waals surface area contributed by atoms with E-state index >= 15 is 0 Å². The summed E-state index contributed by atoms with van der Waals surface area (Å²) in [6.45, 7) is 4.02. The standard InChI is InChI=1S/C14H20N2O3S/c1-10(11-5-8-20-9-11)15-13(19)16-7-4-3-6-14(16,2)12(17)18/h5,8-10H,3-4,6-7H2,1-2H3,(H,15,19)(H,17,18).